The van der Waals surface area contributed by atoms with Crippen molar-refractivity contribution >= 4 is 76.5 Å². The zero-order chi connectivity index (χ0) is 27.4. The molecule has 1 heterocycles. The fraction of sp³-hybridized carbons (Fsp3) is 0.185. The highest BCUT2D eigenvalue weighted by Crippen LogP contribution is 2.34. The Morgan fingerprint density at radius 3 is 2.55 bits per heavy atom. The van der Waals surface area contributed by atoms with Gasteiger partial charge in [0.15, 0.2) is 6.61 Å². The number of benzene rings is 3. The third kappa shape index (κ3) is 6.39. The minimum atomic E-state index is -0.531. The molecule has 0 radical (unpaired) electrons. The molecule has 0 saturated carbocycles. The van der Waals surface area contributed by atoms with Crippen LogP contribution in [0.3, 0.4) is 0 Å². The number of nitrogens with zero attached hydrogens (tertiary/aromatic N) is 3. The average Bonchev–Trinajstić information content (AvgIpc) is 2.88. The van der Waals surface area contributed by atoms with Crippen LogP contribution in [0, 0.1) is 5.82 Å². The van der Waals surface area contributed by atoms with Crippen molar-refractivity contribution in [2.45, 2.75) is 26.2 Å². The normalized spacial score (nSPS) is 12.2. The molecule has 0 spiro atoms. The molecule has 196 valence electrons. The van der Waals surface area contributed by atoms with Crippen LogP contribution in [-0.2, 0) is 4.79 Å². The highest BCUT2D eigenvalue weighted by atomic mass is 79.9. The average molecular weight is 709 g/mol. The third-order valence-electron chi connectivity index (χ3n) is 5.72. The summed E-state index contributed by atoms with van der Waals surface area (Å²) in [5, 5.41) is 7.42. The number of carbonyl (C=O) groups excluding carboxylic acids is 1. The molecule has 0 aliphatic heterocycles. The molecule has 1 aromatic heterocycles. The molecule has 0 aliphatic rings. The van der Waals surface area contributed by atoms with Crippen LogP contribution in [-0.4, -0.2) is 28.4 Å². The second kappa shape index (κ2) is 12.3. The molecule has 0 unspecified atom stereocenters. The van der Waals surface area contributed by atoms with Crippen LogP contribution in [0.1, 0.15) is 37.6 Å². The minimum absolute atomic E-state index is 0.0117. The Labute approximate surface area is 243 Å². The van der Waals surface area contributed by atoms with E-state index >= 15 is 0 Å². The molecule has 0 aliphatic carbocycles. The summed E-state index contributed by atoms with van der Waals surface area (Å²) in [7, 11) is 0. The molecule has 1 atom stereocenters. The fourth-order valence-corrected chi connectivity index (χ4v) is 5.39. The Balaban J connectivity index is 1.58. The van der Waals surface area contributed by atoms with Crippen LogP contribution < -0.4 is 15.6 Å². The van der Waals surface area contributed by atoms with E-state index in [-0.39, 0.29) is 23.8 Å². The smallest absolute Gasteiger partial charge is 0.282 e. The van der Waals surface area contributed by atoms with Crippen molar-refractivity contribution < 1.29 is 13.9 Å². The number of ether oxygens (including phenoxy) is 1. The molecule has 38 heavy (non-hydrogen) atoms. The van der Waals surface area contributed by atoms with Gasteiger partial charge in [-0.3, -0.25) is 9.59 Å². The molecule has 0 bridgehead atoms. The van der Waals surface area contributed by atoms with E-state index in [1.807, 2.05) is 26.0 Å². The Morgan fingerprint density at radius 2 is 1.87 bits per heavy atom. The van der Waals surface area contributed by atoms with Crippen molar-refractivity contribution in [3.63, 3.8) is 0 Å². The number of fused-ring (bicyclic) bond motifs is 1. The van der Waals surface area contributed by atoms with E-state index in [0.29, 0.717) is 37.0 Å². The van der Waals surface area contributed by atoms with E-state index in [4.69, 9.17) is 9.72 Å². The molecule has 0 saturated heterocycles. The fourth-order valence-electron chi connectivity index (χ4n) is 3.58. The number of anilines is 1. The third-order valence-corrected chi connectivity index (χ3v) is 7.40. The number of aromatic nitrogens is 2. The van der Waals surface area contributed by atoms with E-state index in [9.17, 15) is 14.0 Å². The molecule has 7 nitrogen and oxygen atoms in total. The summed E-state index contributed by atoms with van der Waals surface area (Å²) in [5.41, 5.74) is 1.10. The summed E-state index contributed by atoms with van der Waals surface area (Å²) in [6.45, 7) is 3.70. The molecule has 0 fully saturated rings. The van der Waals surface area contributed by atoms with Crippen molar-refractivity contribution in [2.75, 3.05) is 11.9 Å². The molecular weight excluding hydrogens is 687 g/mol. The number of carbonyl (C=O) groups is 1. The van der Waals surface area contributed by atoms with Gasteiger partial charge < -0.3 is 10.1 Å². The van der Waals surface area contributed by atoms with Gasteiger partial charge in [0.2, 0.25) is 0 Å². The van der Waals surface area contributed by atoms with Crippen LogP contribution in [0.25, 0.3) is 10.9 Å². The molecular formula is C27H22Br3FN4O3. The topological polar surface area (TPSA) is 85.6 Å². The van der Waals surface area contributed by atoms with Crippen LogP contribution in [0.4, 0.5) is 10.1 Å². The number of hydrogen-bond acceptors (Lipinski definition) is 5. The van der Waals surface area contributed by atoms with E-state index in [1.54, 1.807) is 30.5 Å². The maximum atomic E-state index is 13.8. The lowest BCUT2D eigenvalue weighted by Crippen LogP contribution is -2.23. The van der Waals surface area contributed by atoms with E-state index in [0.717, 1.165) is 10.9 Å². The first-order chi connectivity index (χ1) is 18.2. The summed E-state index contributed by atoms with van der Waals surface area (Å²) in [4.78, 5) is 30.3. The van der Waals surface area contributed by atoms with Gasteiger partial charge in [-0.25, -0.2) is 9.37 Å². The highest BCUT2D eigenvalue weighted by molar-refractivity contribution is 9.11. The Hall–Kier alpha value is -2.89. The van der Waals surface area contributed by atoms with Gasteiger partial charge in [0.1, 0.15) is 17.4 Å². The predicted molar refractivity (Wildman–Crippen MR) is 158 cm³/mol. The molecule has 11 heteroatoms. The van der Waals surface area contributed by atoms with Gasteiger partial charge in [0, 0.05) is 10.4 Å². The van der Waals surface area contributed by atoms with Crippen molar-refractivity contribution in [1.82, 2.24) is 9.66 Å². The lowest BCUT2D eigenvalue weighted by Gasteiger charge is -2.14. The second-order valence-electron chi connectivity index (χ2n) is 8.43. The summed E-state index contributed by atoms with van der Waals surface area (Å²) >= 11 is 10.3. The van der Waals surface area contributed by atoms with Gasteiger partial charge in [-0.05, 0) is 86.3 Å². The molecule has 1 amide bonds. The number of nitrogens with one attached hydrogen (secondary N) is 1. The standard InChI is InChI=1S/C27H22Br3FN4O3/c1-3-15(2)26-34-22-9-8-17(28)12-18(22)27(37)35(26)32-13-16-10-19(29)25(20(30)11-16)38-14-24(36)33-23-7-5-4-6-21(23)31/h4-13,15H,3,14H2,1-2H3,(H,33,36)/t15-/m1/s1. The van der Waals surface area contributed by atoms with E-state index in [1.165, 1.54) is 22.9 Å². The van der Waals surface area contributed by atoms with Gasteiger partial charge in [0.25, 0.3) is 11.5 Å². The van der Waals surface area contributed by atoms with Crippen molar-refractivity contribution in [1.29, 1.82) is 0 Å². The number of rotatable bonds is 8. The maximum Gasteiger partial charge on any atom is 0.282 e. The van der Waals surface area contributed by atoms with Gasteiger partial charge in [-0.15, -0.1) is 0 Å². The Kier molecular flexibility index (Phi) is 9.11. The van der Waals surface area contributed by atoms with Gasteiger partial charge in [-0.1, -0.05) is 41.9 Å². The SMILES string of the molecule is CC[C@@H](C)c1nc2ccc(Br)cc2c(=O)n1N=Cc1cc(Br)c(OCC(=O)Nc2ccccc2F)c(Br)c1. The van der Waals surface area contributed by atoms with Gasteiger partial charge in [0.05, 0.1) is 31.8 Å². The largest absolute Gasteiger partial charge is 0.481 e. The van der Waals surface area contributed by atoms with E-state index in [2.05, 4.69) is 58.2 Å². The monoisotopic (exact) mass is 706 g/mol. The van der Waals surface area contributed by atoms with E-state index < -0.39 is 11.7 Å². The lowest BCUT2D eigenvalue weighted by atomic mass is 10.1. The number of hydrogen-bond donors (Lipinski definition) is 1. The number of amides is 1. The van der Waals surface area contributed by atoms with Crippen molar-refractivity contribution in [3.05, 3.63) is 95.6 Å². The number of halogens is 4. The van der Waals surface area contributed by atoms with Crippen molar-refractivity contribution in [3.8, 4) is 5.75 Å². The first-order valence-electron chi connectivity index (χ1n) is 11.6. The molecule has 3 aromatic carbocycles. The van der Waals surface area contributed by atoms with Gasteiger partial charge >= 0.3 is 0 Å². The second-order valence-corrected chi connectivity index (χ2v) is 11.1. The van der Waals surface area contributed by atoms with Gasteiger partial charge in [-0.2, -0.15) is 9.78 Å². The molecule has 4 rings (SSSR count). The Bertz CT molecular complexity index is 1580. The summed E-state index contributed by atoms with van der Waals surface area (Å²) in [6, 6.07) is 14.8. The molecule has 1 N–H and O–H groups in total. The summed E-state index contributed by atoms with van der Waals surface area (Å²) < 4.78 is 22.7. The zero-order valence-corrected chi connectivity index (χ0v) is 25.1. The van der Waals surface area contributed by atoms with Crippen LogP contribution >= 0.6 is 47.8 Å². The highest BCUT2D eigenvalue weighted by Gasteiger charge is 2.16. The maximum absolute atomic E-state index is 13.8. The van der Waals surface area contributed by atoms with Crippen molar-refractivity contribution in [2.24, 2.45) is 5.10 Å². The molecule has 4 aromatic rings. The zero-order valence-electron chi connectivity index (χ0n) is 20.3. The first-order valence-corrected chi connectivity index (χ1v) is 14.0. The Morgan fingerprint density at radius 1 is 1.16 bits per heavy atom. The summed E-state index contributed by atoms with van der Waals surface area (Å²) in [6.07, 6.45) is 2.35. The summed E-state index contributed by atoms with van der Waals surface area (Å²) in [5.74, 6) is -0.0654. The van der Waals surface area contributed by atoms with Crippen LogP contribution in [0.5, 0.6) is 5.75 Å². The lowest BCUT2D eigenvalue weighted by molar-refractivity contribution is -0.118. The quantitative estimate of drug-likeness (QED) is 0.196. The number of para-hydroxylation sites is 1. The predicted octanol–water partition coefficient (Wildman–Crippen LogP) is 7.24. The van der Waals surface area contributed by atoms with Crippen LogP contribution in [0.2, 0.25) is 0 Å². The minimum Gasteiger partial charge on any atom is -0.481 e. The van der Waals surface area contributed by atoms with Crippen LogP contribution in [0.15, 0.2) is 77.9 Å². The first kappa shape index (κ1) is 28.1.